The molecule has 1 aliphatic heterocycles. The highest BCUT2D eigenvalue weighted by Gasteiger charge is 2.41. The van der Waals surface area contributed by atoms with Gasteiger partial charge in [0.15, 0.2) is 0 Å². The van der Waals surface area contributed by atoms with E-state index < -0.39 is 5.60 Å². The summed E-state index contributed by atoms with van der Waals surface area (Å²) in [6.07, 6.45) is 1.90. The smallest absolute Gasteiger partial charge is 0.205 e. The highest BCUT2D eigenvalue weighted by molar-refractivity contribution is 7.09. The molecule has 78 valence electrons. The van der Waals surface area contributed by atoms with E-state index in [0.717, 1.165) is 23.8 Å². The molecule has 0 unspecified atom stereocenters. The number of hydrogen-bond donors (Lipinski definition) is 1. The van der Waals surface area contributed by atoms with Crippen LogP contribution in [-0.4, -0.2) is 33.2 Å². The molecule has 0 aromatic carbocycles. The quantitative estimate of drug-likeness (QED) is 0.819. The lowest BCUT2D eigenvalue weighted by Gasteiger charge is -2.46. The van der Waals surface area contributed by atoms with Crippen LogP contribution >= 0.6 is 11.5 Å². The zero-order chi connectivity index (χ0) is 10.2. The van der Waals surface area contributed by atoms with Gasteiger partial charge in [0.05, 0.1) is 18.7 Å². The Morgan fingerprint density at radius 1 is 1.57 bits per heavy atom. The number of aliphatic hydroxyl groups is 1. The van der Waals surface area contributed by atoms with E-state index >= 15 is 0 Å². The van der Waals surface area contributed by atoms with Crippen LogP contribution in [-0.2, 0) is 0 Å². The molecule has 1 aromatic rings. The Balaban J connectivity index is 1.94. The van der Waals surface area contributed by atoms with Gasteiger partial charge >= 0.3 is 0 Å². The molecule has 0 spiro atoms. The summed E-state index contributed by atoms with van der Waals surface area (Å²) in [5.41, 5.74) is -0.478. The van der Waals surface area contributed by atoms with Crippen molar-refractivity contribution in [3.63, 3.8) is 0 Å². The van der Waals surface area contributed by atoms with Gasteiger partial charge in [-0.2, -0.15) is 4.37 Å². The first-order chi connectivity index (χ1) is 6.63. The second-order valence-corrected chi connectivity index (χ2v) is 4.68. The zero-order valence-electron chi connectivity index (χ0n) is 8.53. The van der Waals surface area contributed by atoms with Gasteiger partial charge in [-0.3, -0.25) is 0 Å². The van der Waals surface area contributed by atoms with Crippen LogP contribution in [0, 0.1) is 6.92 Å². The molecule has 14 heavy (non-hydrogen) atoms. The molecule has 1 aromatic heterocycles. The fourth-order valence-electron chi connectivity index (χ4n) is 1.84. The third-order valence-corrected chi connectivity index (χ3v) is 3.34. The van der Waals surface area contributed by atoms with Gasteiger partial charge in [-0.05, 0) is 13.3 Å². The molecule has 1 aliphatic rings. The highest BCUT2D eigenvalue weighted by atomic mass is 32.1. The van der Waals surface area contributed by atoms with Gasteiger partial charge in [0.2, 0.25) is 5.13 Å². The average molecular weight is 213 g/mol. The van der Waals surface area contributed by atoms with Crippen molar-refractivity contribution in [1.29, 1.82) is 0 Å². The molecule has 0 aliphatic carbocycles. The summed E-state index contributed by atoms with van der Waals surface area (Å²) >= 11 is 1.41. The zero-order valence-corrected chi connectivity index (χ0v) is 9.34. The predicted octanol–water partition coefficient (Wildman–Crippen LogP) is 1.20. The van der Waals surface area contributed by atoms with Gasteiger partial charge in [-0.25, -0.2) is 4.98 Å². The molecule has 0 radical (unpaired) electrons. The van der Waals surface area contributed by atoms with Gasteiger partial charge in [0.1, 0.15) is 5.82 Å². The second kappa shape index (κ2) is 3.47. The van der Waals surface area contributed by atoms with E-state index in [1.807, 2.05) is 6.92 Å². The summed E-state index contributed by atoms with van der Waals surface area (Å²) in [7, 11) is 0. The number of aromatic nitrogens is 2. The van der Waals surface area contributed by atoms with E-state index in [1.165, 1.54) is 11.5 Å². The van der Waals surface area contributed by atoms with Gasteiger partial charge in [0, 0.05) is 11.5 Å². The fourth-order valence-corrected chi connectivity index (χ4v) is 2.51. The van der Waals surface area contributed by atoms with E-state index in [-0.39, 0.29) is 0 Å². The molecule has 0 amide bonds. The minimum Gasteiger partial charge on any atom is -0.386 e. The van der Waals surface area contributed by atoms with E-state index in [2.05, 4.69) is 21.2 Å². The summed E-state index contributed by atoms with van der Waals surface area (Å²) in [4.78, 5) is 6.36. The van der Waals surface area contributed by atoms with E-state index in [0.29, 0.717) is 13.1 Å². The van der Waals surface area contributed by atoms with Crippen LogP contribution < -0.4 is 4.90 Å². The largest absolute Gasteiger partial charge is 0.386 e. The Kier molecular flexibility index (Phi) is 2.45. The van der Waals surface area contributed by atoms with E-state index in [1.54, 1.807) is 0 Å². The lowest BCUT2D eigenvalue weighted by Crippen LogP contribution is -2.61. The minimum absolute atomic E-state index is 0.478. The van der Waals surface area contributed by atoms with Crippen molar-refractivity contribution in [1.82, 2.24) is 9.36 Å². The second-order valence-electron chi connectivity index (χ2n) is 3.95. The molecule has 0 saturated carbocycles. The van der Waals surface area contributed by atoms with Crippen LogP contribution in [0.5, 0.6) is 0 Å². The van der Waals surface area contributed by atoms with Crippen molar-refractivity contribution in [2.45, 2.75) is 32.3 Å². The maximum absolute atomic E-state index is 9.96. The van der Waals surface area contributed by atoms with Crippen molar-refractivity contribution in [2.75, 3.05) is 18.0 Å². The first-order valence-corrected chi connectivity index (χ1v) is 5.68. The Hall–Kier alpha value is -0.680. The van der Waals surface area contributed by atoms with Crippen LogP contribution in [0.25, 0.3) is 0 Å². The number of aryl methyl sites for hydroxylation is 1. The van der Waals surface area contributed by atoms with Crippen molar-refractivity contribution in [2.24, 2.45) is 0 Å². The number of anilines is 1. The van der Waals surface area contributed by atoms with Gasteiger partial charge in [0.25, 0.3) is 0 Å². The molecule has 1 N–H and O–H groups in total. The summed E-state index contributed by atoms with van der Waals surface area (Å²) in [6.45, 7) is 5.39. The number of hydrogen-bond acceptors (Lipinski definition) is 5. The first kappa shape index (κ1) is 9.86. The fraction of sp³-hybridized carbons (Fsp3) is 0.778. The Morgan fingerprint density at radius 2 is 2.29 bits per heavy atom. The molecule has 2 rings (SSSR count). The maximum Gasteiger partial charge on any atom is 0.205 e. The normalized spacial score (nSPS) is 19.5. The third kappa shape index (κ3) is 1.74. The van der Waals surface area contributed by atoms with Crippen LogP contribution in [0.15, 0.2) is 0 Å². The Labute approximate surface area is 87.8 Å². The van der Waals surface area contributed by atoms with Gasteiger partial charge < -0.3 is 10.0 Å². The molecule has 0 atom stereocenters. The Morgan fingerprint density at radius 3 is 2.79 bits per heavy atom. The van der Waals surface area contributed by atoms with Crippen LogP contribution in [0.4, 0.5) is 5.13 Å². The van der Waals surface area contributed by atoms with E-state index in [4.69, 9.17) is 0 Å². The van der Waals surface area contributed by atoms with Crippen molar-refractivity contribution < 1.29 is 5.11 Å². The molecule has 2 heterocycles. The van der Waals surface area contributed by atoms with Crippen LogP contribution in [0.2, 0.25) is 0 Å². The predicted molar refractivity (Wildman–Crippen MR) is 56.7 cm³/mol. The van der Waals surface area contributed by atoms with Crippen molar-refractivity contribution in [3.05, 3.63) is 5.82 Å². The molecule has 4 nitrogen and oxygen atoms in total. The summed E-state index contributed by atoms with van der Waals surface area (Å²) < 4.78 is 4.12. The average Bonchev–Trinajstić information content (AvgIpc) is 2.47. The topological polar surface area (TPSA) is 49.2 Å². The lowest BCUT2D eigenvalue weighted by atomic mass is 9.90. The van der Waals surface area contributed by atoms with Crippen LogP contribution in [0.3, 0.4) is 0 Å². The minimum atomic E-state index is -0.478. The molecule has 1 fully saturated rings. The SMILES string of the molecule is CCCC1(O)CN(c2nc(C)ns2)C1. The molecular formula is C9H15N3OS. The summed E-state index contributed by atoms with van der Waals surface area (Å²) in [5, 5.41) is 10.9. The molecule has 1 saturated heterocycles. The highest BCUT2D eigenvalue weighted by Crippen LogP contribution is 2.31. The number of rotatable bonds is 3. The molecular weight excluding hydrogens is 198 g/mol. The summed E-state index contributed by atoms with van der Waals surface area (Å²) in [6, 6.07) is 0. The molecule has 5 heteroatoms. The van der Waals surface area contributed by atoms with Gasteiger partial charge in [-0.1, -0.05) is 13.3 Å². The van der Waals surface area contributed by atoms with Crippen LogP contribution in [0.1, 0.15) is 25.6 Å². The van der Waals surface area contributed by atoms with E-state index in [9.17, 15) is 5.11 Å². The monoisotopic (exact) mass is 213 g/mol. The maximum atomic E-state index is 9.96. The standard InChI is InChI=1S/C9H15N3OS/c1-3-4-9(13)5-12(6-9)8-10-7(2)11-14-8/h13H,3-6H2,1-2H3. The summed E-state index contributed by atoms with van der Waals surface area (Å²) in [5.74, 6) is 0.816. The van der Waals surface area contributed by atoms with Gasteiger partial charge in [-0.15, -0.1) is 0 Å². The lowest BCUT2D eigenvalue weighted by molar-refractivity contribution is 0.00337. The number of β-amino-alcohol motifs (C(OH)–C–C–N with tert-alkyl or cyclic N) is 1. The van der Waals surface area contributed by atoms with Crippen molar-refractivity contribution >= 4 is 16.7 Å². The van der Waals surface area contributed by atoms with Crippen molar-refractivity contribution in [3.8, 4) is 0 Å². The third-order valence-electron chi connectivity index (χ3n) is 2.47. The molecule has 0 bridgehead atoms. The first-order valence-electron chi connectivity index (χ1n) is 4.90. The Bertz CT molecular complexity index is 320. The number of nitrogens with zero attached hydrogens (tertiary/aromatic N) is 3.